The average Bonchev–Trinajstić information content (AvgIpc) is 2.94. The first-order valence-electron chi connectivity index (χ1n) is 4.94. The second kappa shape index (κ2) is 4.90. The third-order valence-corrected chi connectivity index (χ3v) is 2.28. The van der Waals surface area contributed by atoms with Crippen molar-refractivity contribution in [2.75, 3.05) is 6.54 Å². The molecule has 1 aliphatic rings. The van der Waals surface area contributed by atoms with E-state index in [2.05, 4.69) is 37.9 Å². The van der Waals surface area contributed by atoms with Crippen LogP contribution in [-0.2, 0) is 0 Å². The molecule has 1 heteroatoms. The molecule has 0 aliphatic heterocycles. The molecule has 0 aromatic carbocycles. The lowest BCUT2D eigenvalue weighted by Gasteiger charge is -2.03. The summed E-state index contributed by atoms with van der Waals surface area (Å²) >= 11 is 0. The predicted molar refractivity (Wildman–Crippen MR) is 58.4 cm³/mol. The molecule has 0 unspecified atom stereocenters. The first kappa shape index (κ1) is 10.1. The summed E-state index contributed by atoms with van der Waals surface area (Å²) in [6, 6.07) is 0. The van der Waals surface area contributed by atoms with E-state index in [-0.39, 0.29) is 0 Å². The second-order valence-electron chi connectivity index (χ2n) is 3.79. The van der Waals surface area contributed by atoms with Gasteiger partial charge >= 0.3 is 0 Å². The van der Waals surface area contributed by atoms with Gasteiger partial charge in [0.2, 0.25) is 0 Å². The minimum absolute atomic E-state index is 0.938. The van der Waals surface area contributed by atoms with Crippen molar-refractivity contribution in [1.29, 1.82) is 0 Å². The Balaban J connectivity index is 2.26. The normalized spacial score (nSPS) is 18.6. The zero-order valence-electron chi connectivity index (χ0n) is 8.64. The highest BCUT2D eigenvalue weighted by atomic mass is 14.9. The Labute approximate surface area is 81.2 Å². The maximum Gasteiger partial charge on any atom is 0.0172 e. The highest BCUT2D eigenvalue weighted by molar-refractivity contribution is 5.21. The van der Waals surface area contributed by atoms with Crippen LogP contribution in [0.5, 0.6) is 0 Å². The van der Waals surface area contributed by atoms with Crippen LogP contribution in [0, 0.1) is 5.92 Å². The zero-order chi connectivity index (χ0) is 9.68. The van der Waals surface area contributed by atoms with E-state index < -0.39 is 0 Å². The van der Waals surface area contributed by atoms with Crippen molar-refractivity contribution in [3.8, 4) is 0 Å². The van der Waals surface area contributed by atoms with Gasteiger partial charge in [-0.1, -0.05) is 24.3 Å². The van der Waals surface area contributed by atoms with Gasteiger partial charge in [0.15, 0.2) is 0 Å². The molecule has 0 aromatic rings. The monoisotopic (exact) mass is 177 g/mol. The van der Waals surface area contributed by atoms with E-state index in [4.69, 9.17) is 0 Å². The number of rotatable bonds is 5. The van der Waals surface area contributed by atoms with Crippen LogP contribution in [-0.4, -0.2) is 6.54 Å². The van der Waals surface area contributed by atoms with Gasteiger partial charge in [0.1, 0.15) is 0 Å². The van der Waals surface area contributed by atoms with Gasteiger partial charge in [0.05, 0.1) is 0 Å². The molecule has 1 aliphatic carbocycles. The molecule has 1 nitrogen and oxygen atoms in total. The molecular weight excluding hydrogens is 158 g/mol. The van der Waals surface area contributed by atoms with Crippen LogP contribution in [0.1, 0.15) is 26.7 Å². The Morgan fingerprint density at radius 3 is 2.62 bits per heavy atom. The standard InChI is InChI=1S/C12H19N/c1-4-10(2)5-6-11(3)13-9-12-7-8-12/h4-6,12-13H,1,7-9H2,2-3H3/b10-5-,11-6+. The smallest absolute Gasteiger partial charge is 0.0172 e. The average molecular weight is 177 g/mol. The van der Waals surface area contributed by atoms with Crippen molar-refractivity contribution >= 4 is 0 Å². The van der Waals surface area contributed by atoms with Gasteiger partial charge in [-0.2, -0.15) is 0 Å². The lowest BCUT2D eigenvalue weighted by atomic mass is 10.2. The van der Waals surface area contributed by atoms with Gasteiger partial charge in [-0.05, 0) is 38.7 Å². The van der Waals surface area contributed by atoms with E-state index in [0.717, 1.165) is 12.5 Å². The Bertz CT molecular complexity index is 232. The molecule has 0 radical (unpaired) electrons. The zero-order valence-corrected chi connectivity index (χ0v) is 8.64. The molecule has 0 aromatic heterocycles. The summed E-state index contributed by atoms with van der Waals surface area (Å²) in [4.78, 5) is 0. The topological polar surface area (TPSA) is 12.0 Å². The summed E-state index contributed by atoms with van der Waals surface area (Å²) in [6.07, 6.45) is 8.87. The fourth-order valence-electron chi connectivity index (χ4n) is 1.01. The van der Waals surface area contributed by atoms with Gasteiger partial charge in [0, 0.05) is 12.2 Å². The number of allylic oxidation sites excluding steroid dienone is 5. The summed E-state index contributed by atoms with van der Waals surface area (Å²) in [6.45, 7) is 9.01. The number of hydrogen-bond donors (Lipinski definition) is 1. The van der Waals surface area contributed by atoms with Crippen LogP contribution in [0.2, 0.25) is 0 Å². The van der Waals surface area contributed by atoms with Crippen LogP contribution in [0.25, 0.3) is 0 Å². The van der Waals surface area contributed by atoms with Crippen molar-refractivity contribution in [2.45, 2.75) is 26.7 Å². The van der Waals surface area contributed by atoms with Gasteiger partial charge in [-0.25, -0.2) is 0 Å². The van der Waals surface area contributed by atoms with Crippen LogP contribution in [0.15, 0.2) is 36.1 Å². The number of hydrogen-bond acceptors (Lipinski definition) is 1. The minimum Gasteiger partial charge on any atom is -0.388 e. The van der Waals surface area contributed by atoms with Gasteiger partial charge < -0.3 is 5.32 Å². The molecule has 0 spiro atoms. The minimum atomic E-state index is 0.938. The Morgan fingerprint density at radius 2 is 2.08 bits per heavy atom. The highest BCUT2D eigenvalue weighted by Gasteiger charge is 2.20. The molecular formula is C12H19N. The molecule has 72 valence electrons. The fraction of sp³-hybridized carbons (Fsp3) is 0.500. The van der Waals surface area contributed by atoms with Crippen molar-refractivity contribution in [3.05, 3.63) is 36.1 Å². The summed E-state index contributed by atoms with van der Waals surface area (Å²) < 4.78 is 0. The second-order valence-corrected chi connectivity index (χ2v) is 3.79. The third kappa shape index (κ3) is 4.56. The van der Waals surface area contributed by atoms with Crippen LogP contribution >= 0.6 is 0 Å². The molecule has 0 heterocycles. The van der Waals surface area contributed by atoms with Crippen molar-refractivity contribution in [2.24, 2.45) is 5.92 Å². The largest absolute Gasteiger partial charge is 0.388 e. The van der Waals surface area contributed by atoms with Crippen LogP contribution in [0.3, 0.4) is 0 Å². The maximum absolute atomic E-state index is 3.70. The molecule has 1 N–H and O–H groups in total. The fourth-order valence-corrected chi connectivity index (χ4v) is 1.01. The van der Waals surface area contributed by atoms with Gasteiger partial charge in [-0.15, -0.1) is 0 Å². The van der Waals surface area contributed by atoms with Gasteiger partial charge in [0.25, 0.3) is 0 Å². The van der Waals surface area contributed by atoms with Crippen LogP contribution in [0.4, 0.5) is 0 Å². The first-order chi connectivity index (χ1) is 6.22. The summed E-state index contributed by atoms with van der Waals surface area (Å²) in [5, 5.41) is 3.41. The summed E-state index contributed by atoms with van der Waals surface area (Å²) in [5.74, 6) is 0.938. The quantitative estimate of drug-likeness (QED) is 0.636. The van der Waals surface area contributed by atoms with E-state index in [9.17, 15) is 0 Å². The van der Waals surface area contributed by atoms with E-state index in [1.54, 1.807) is 0 Å². The molecule has 0 amide bonds. The Morgan fingerprint density at radius 1 is 1.38 bits per heavy atom. The van der Waals surface area contributed by atoms with Gasteiger partial charge in [-0.3, -0.25) is 0 Å². The molecule has 13 heavy (non-hydrogen) atoms. The Hall–Kier alpha value is -0.980. The van der Waals surface area contributed by atoms with E-state index in [0.29, 0.717) is 0 Å². The SMILES string of the molecule is C=C/C(C)=C\C=C(/C)NCC1CC1. The molecule has 0 saturated heterocycles. The van der Waals surface area contributed by atoms with Crippen molar-refractivity contribution in [3.63, 3.8) is 0 Å². The summed E-state index contributed by atoms with van der Waals surface area (Å²) in [5.41, 5.74) is 2.45. The maximum atomic E-state index is 3.70. The Kier molecular flexibility index (Phi) is 3.81. The molecule has 1 fully saturated rings. The third-order valence-electron chi connectivity index (χ3n) is 2.28. The summed E-state index contributed by atoms with van der Waals surface area (Å²) in [7, 11) is 0. The van der Waals surface area contributed by atoms with Crippen molar-refractivity contribution in [1.82, 2.24) is 5.32 Å². The predicted octanol–water partition coefficient (Wildman–Crippen LogP) is 3.02. The lowest BCUT2D eigenvalue weighted by Crippen LogP contribution is -2.13. The highest BCUT2D eigenvalue weighted by Crippen LogP contribution is 2.27. The van der Waals surface area contributed by atoms with Crippen molar-refractivity contribution < 1.29 is 0 Å². The van der Waals surface area contributed by atoms with Crippen LogP contribution < -0.4 is 5.32 Å². The molecule has 1 saturated carbocycles. The number of nitrogens with one attached hydrogen (secondary N) is 1. The molecule has 0 bridgehead atoms. The van der Waals surface area contributed by atoms with E-state index >= 15 is 0 Å². The van der Waals surface area contributed by atoms with E-state index in [1.807, 2.05) is 6.08 Å². The molecule has 1 rings (SSSR count). The lowest BCUT2D eigenvalue weighted by molar-refractivity contribution is 0.717. The molecule has 0 atom stereocenters. The van der Waals surface area contributed by atoms with E-state index in [1.165, 1.54) is 24.1 Å². The first-order valence-corrected chi connectivity index (χ1v) is 4.94.